The third kappa shape index (κ3) is 2.44. The third-order valence-electron chi connectivity index (χ3n) is 2.25. The molecule has 0 unspecified atom stereocenters. The SMILES string of the molecule is Cc1nsc(Nc2cc(Cl)ccc2F)c1C(=O)O. The maximum atomic E-state index is 13.5. The number of benzene rings is 1. The Morgan fingerprint density at radius 1 is 1.56 bits per heavy atom. The standard InChI is InChI=1S/C11H8ClFN2O2S/c1-5-9(11(16)17)10(18-15-5)14-8-4-6(12)2-3-7(8)13/h2-4,14H,1H3,(H,16,17). The van der Waals surface area contributed by atoms with Crippen molar-refractivity contribution < 1.29 is 14.3 Å². The lowest BCUT2D eigenvalue weighted by Crippen LogP contribution is -2.02. The van der Waals surface area contributed by atoms with Crippen LogP contribution in [0.1, 0.15) is 16.1 Å². The summed E-state index contributed by atoms with van der Waals surface area (Å²) < 4.78 is 17.4. The molecule has 0 saturated heterocycles. The van der Waals surface area contributed by atoms with Crippen molar-refractivity contribution in [3.8, 4) is 0 Å². The number of nitrogens with zero attached hydrogens (tertiary/aromatic N) is 1. The summed E-state index contributed by atoms with van der Waals surface area (Å²) in [4.78, 5) is 11.1. The fourth-order valence-electron chi connectivity index (χ4n) is 1.42. The molecule has 0 aliphatic carbocycles. The molecule has 2 aromatic rings. The van der Waals surface area contributed by atoms with E-state index in [-0.39, 0.29) is 16.3 Å². The molecule has 0 radical (unpaired) electrons. The Balaban J connectivity index is 2.40. The molecule has 0 fully saturated rings. The van der Waals surface area contributed by atoms with Crippen molar-refractivity contribution in [2.75, 3.05) is 5.32 Å². The van der Waals surface area contributed by atoms with E-state index in [1.807, 2.05) is 0 Å². The number of hydrogen-bond donors (Lipinski definition) is 2. The maximum absolute atomic E-state index is 13.5. The number of aromatic nitrogens is 1. The first kappa shape index (κ1) is 12.8. The van der Waals surface area contributed by atoms with E-state index >= 15 is 0 Å². The molecule has 94 valence electrons. The zero-order valence-electron chi connectivity index (χ0n) is 9.20. The van der Waals surface area contributed by atoms with Crippen molar-refractivity contribution in [1.29, 1.82) is 0 Å². The highest BCUT2D eigenvalue weighted by atomic mass is 35.5. The zero-order valence-corrected chi connectivity index (χ0v) is 10.8. The second kappa shape index (κ2) is 4.91. The van der Waals surface area contributed by atoms with Gasteiger partial charge in [0.2, 0.25) is 0 Å². The molecule has 0 amide bonds. The summed E-state index contributed by atoms with van der Waals surface area (Å²) in [5.74, 6) is -1.62. The fraction of sp³-hybridized carbons (Fsp3) is 0.0909. The highest BCUT2D eigenvalue weighted by molar-refractivity contribution is 7.10. The molecule has 4 nitrogen and oxygen atoms in total. The minimum absolute atomic E-state index is 0.0411. The molecule has 0 aliphatic rings. The summed E-state index contributed by atoms with van der Waals surface area (Å²) in [5.41, 5.74) is 0.547. The Morgan fingerprint density at radius 3 is 2.94 bits per heavy atom. The van der Waals surface area contributed by atoms with E-state index in [0.29, 0.717) is 10.7 Å². The Labute approximate surface area is 111 Å². The number of aromatic carboxylic acids is 1. The van der Waals surface area contributed by atoms with Gasteiger partial charge >= 0.3 is 5.97 Å². The number of carboxylic acids is 1. The summed E-state index contributed by atoms with van der Waals surface area (Å²) in [6, 6.07) is 4.01. The van der Waals surface area contributed by atoms with Crippen molar-refractivity contribution in [3.63, 3.8) is 0 Å². The predicted octanol–water partition coefficient (Wildman–Crippen LogP) is 3.69. The highest BCUT2D eigenvalue weighted by Gasteiger charge is 2.18. The summed E-state index contributed by atoms with van der Waals surface area (Å²) in [5, 5.41) is 12.4. The van der Waals surface area contributed by atoms with Gasteiger partial charge in [-0.15, -0.1) is 0 Å². The number of carboxylic acid groups (broad SMARTS) is 1. The van der Waals surface area contributed by atoms with Crippen LogP contribution in [0, 0.1) is 12.7 Å². The third-order valence-corrected chi connectivity index (χ3v) is 3.34. The van der Waals surface area contributed by atoms with Gasteiger partial charge in [0.1, 0.15) is 16.4 Å². The lowest BCUT2D eigenvalue weighted by atomic mass is 10.2. The number of carbonyl (C=O) groups is 1. The number of hydrogen-bond acceptors (Lipinski definition) is 4. The largest absolute Gasteiger partial charge is 0.478 e. The molecule has 0 aliphatic heterocycles. The van der Waals surface area contributed by atoms with E-state index in [4.69, 9.17) is 16.7 Å². The molecule has 1 heterocycles. The molecule has 0 bridgehead atoms. The minimum Gasteiger partial charge on any atom is -0.478 e. The number of rotatable bonds is 3. The Morgan fingerprint density at radius 2 is 2.28 bits per heavy atom. The van der Waals surface area contributed by atoms with Crippen LogP contribution in [0.15, 0.2) is 18.2 Å². The molecule has 0 saturated carbocycles. The summed E-state index contributed by atoms with van der Waals surface area (Å²) in [6.45, 7) is 1.58. The molecule has 2 N–H and O–H groups in total. The van der Waals surface area contributed by atoms with E-state index in [9.17, 15) is 9.18 Å². The van der Waals surface area contributed by atoms with Crippen LogP contribution in [-0.2, 0) is 0 Å². The van der Waals surface area contributed by atoms with Crippen LogP contribution < -0.4 is 5.32 Å². The van der Waals surface area contributed by atoms with Gasteiger partial charge in [0.05, 0.1) is 11.4 Å². The monoisotopic (exact) mass is 286 g/mol. The molecular formula is C11H8ClFN2O2S. The first-order valence-electron chi connectivity index (χ1n) is 4.90. The molecule has 1 aromatic heterocycles. The van der Waals surface area contributed by atoms with Crippen LogP contribution in [-0.4, -0.2) is 15.4 Å². The molecule has 0 spiro atoms. The van der Waals surface area contributed by atoms with Gasteiger partial charge in [0.25, 0.3) is 0 Å². The summed E-state index contributed by atoms with van der Waals surface area (Å²) >= 11 is 6.72. The van der Waals surface area contributed by atoms with Gasteiger partial charge in [-0.1, -0.05) is 11.6 Å². The number of nitrogens with one attached hydrogen (secondary N) is 1. The summed E-state index contributed by atoms with van der Waals surface area (Å²) in [6.07, 6.45) is 0. The van der Waals surface area contributed by atoms with Crippen molar-refractivity contribution in [1.82, 2.24) is 4.37 Å². The van der Waals surface area contributed by atoms with E-state index in [1.165, 1.54) is 18.2 Å². The van der Waals surface area contributed by atoms with Crippen molar-refractivity contribution in [2.45, 2.75) is 6.92 Å². The van der Waals surface area contributed by atoms with Crippen LogP contribution in [0.3, 0.4) is 0 Å². The molecule has 1 aromatic carbocycles. The first-order valence-corrected chi connectivity index (χ1v) is 6.06. The molecule has 18 heavy (non-hydrogen) atoms. The normalized spacial score (nSPS) is 10.4. The highest BCUT2D eigenvalue weighted by Crippen LogP contribution is 2.30. The number of aryl methyl sites for hydroxylation is 1. The second-order valence-corrected chi connectivity index (χ2v) is 4.74. The number of anilines is 2. The smallest absolute Gasteiger partial charge is 0.340 e. The average Bonchev–Trinajstić information content (AvgIpc) is 2.65. The lowest BCUT2D eigenvalue weighted by Gasteiger charge is -2.06. The van der Waals surface area contributed by atoms with Gasteiger partial charge in [-0.3, -0.25) is 0 Å². The second-order valence-electron chi connectivity index (χ2n) is 3.53. The van der Waals surface area contributed by atoms with Crippen molar-refractivity contribution >= 4 is 39.8 Å². The van der Waals surface area contributed by atoms with Gasteiger partial charge in [-0.05, 0) is 36.7 Å². The average molecular weight is 287 g/mol. The van der Waals surface area contributed by atoms with Crippen LogP contribution in [0.2, 0.25) is 5.02 Å². The van der Waals surface area contributed by atoms with Crippen LogP contribution in [0.25, 0.3) is 0 Å². The van der Waals surface area contributed by atoms with Crippen LogP contribution in [0.4, 0.5) is 15.1 Å². The predicted molar refractivity (Wildman–Crippen MR) is 68.5 cm³/mol. The van der Waals surface area contributed by atoms with Gasteiger partial charge in [0, 0.05) is 5.02 Å². The maximum Gasteiger partial charge on any atom is 0.340 e. The quantitative estimate of drug-likeness (QED) is 0.903. The molecule has 2 rings (SSSR count). The van der Waals surface area contributed by atoms with Gasteiger partial charge in [0.15, 0.2) is 0 Å². The van der Waals surface area contributed by atoms with Gasteiger partial charge in [-0.2, -0.15) is 4.37 Å². The zero-order chi connectivity index (χ0) is 13.3. The van der Waals surface area contributed by atoms with E-state index in [2.05, 4.69) is 9.69 Å². The Bertz CT molecular complexity index is 615. The number of halogens is 2. The van der Waals surface area contributed by atoms with E-state index in [1.54, 1.807) is 6.92 Å². The lowest BCUT2D eigenvalue weighted by molar-refractivity contribution is 0.0697. The summed E-state index contributed by atoms with van der Waals surface area (Å²) in [7, 11) is 0. The van der Waals surface area contributed by atoms with Crippen LogP contribution >= 0.6 is 23.1 Å². The van der Waals surface area contributed by atoms with E-state index < -0.39 is 11.8 Å². The van der Waals surface area contributed by atoms with E-state index in [0.717, 1.165) is 11.5 Å². The Kier molecular flexibility index (Phi) is 3.49. The van der Waals surface area contributed by atoms with Gasteiger partial charge < -0.3 is 10.4 Å². The van der Waals surface area contributed by atoms with Gasteiger partial charge in [-0.25, -0.2) is 9.18 Å². The Hall–Kier alpha value is -1.66. The van der Waals surface area contributed by atoms with Crippen LogP contribution in [0.5, 0.6) is 0 Å². The molecule has 7 heteroatoms. The first-order chi connectivity index (χ1) is 8.49. The minimum atomic E-state index is -1.11. The molecule has 0 atom stereocenters. The molecular weight excluding hydrogens is 279 g/mol. The van der Waals surface area contributed by atoms with Crippen molar-refractivity contribution in [3.05, 3.63) is 40.3 Å². The van der Waals surface area contributed by atoms with Crippen molar-refractivity contribution in [2.24, 2.45) is 0 Å². The topological polar surface area (TPSA) is 62.2 Å². The fourth-order valence-corrected chi connectivity index (χ4v) is 2.40.